The summed E-state index contributed by atoms with van der Waals surface area (Å²) in [6.45, 7) is 10.0. The summed E-state index contributed by atoms with van der Waals surface area (Å²) in [6.07, 6.45) is 7.01. The summed E-state index contributed by atoms with van der Waals surface area (Å²) in [5.74, 6) is 0. The van der Waals surface area contributed by atoms with Crippen molar-refractivity contribution in [1.29, 1.82) is 0 Å². The minimum absolute atomic E-state index is 0.617. The van der Waals surface area contributed by atoms with Crippen LogP contribution in [0.1, 0.15) is 45.4 Å². The summed E-state index contributed by atoms with van der Waals surface area (Å²) in [5, 5.41) is 4.14. The van der Waals surface area contributed by atoms with Gasteiger partial charge in [0, 0.05) is 17.0 Å². The Balaban J connectivity index is 2.17. The molecular formula is C13H23NS. The van der Waals surface area contributed by atoms with Crippen LogP contribution >= 0.6 is 12.6 Å². The van der Waals surface area contributed by atoms with Gasteiger partial charge in [-0.3, -0.25) is 0 Å². The van der Waals surface area contributed by atoms with Crippen molar-refractivity contribution < 1.29 is 0 Å². The van der Waals surface area contributed by atoms with Gasteiger partial charge < -0.3 is 5.32 Å². The van der Waals surface area contributed by atoms with Gasteiger partial charge in [0.2, 0.25) is 0 Å². The van der Waals surface area contributed by atoms with Gasteiger partial charge in [-0.1, -0.05) is 12.2 Å². The van der Waals surface area contributed by atoms with Crippen LogP contribution in [0.15, 0.2) is 24.4 Å². The fraction of sp³-hybridized carbons (Fsp3) is 0.692. The first kappa shape index (κ1) is 12.7. The number of thiol groups is 1. The minimum atomic E-state index is 0.617. The third kappa shape index (κ3) is 5.31. The SMILES string of the molecule is C=C(C)CCC(=C)NC1CCC(S)CC1. The van der Waals surface area contributed by atoms with Crippen LogP contribution in [0.3, 0.4) is 0 Å². The maximum Gasteiger partial charge on any atom is 0.0258 e. The topological polar surface area (TPSA) is 12.0 Å². The van der Waals surface area contributed by atoms with E-state index in [4.69, 9.17) is 0 Å². The smallest absolute Gasteiger partial charge is 0.0258 e. The number of hydrogen-bond acceptors (Lipinski definition) is 2. The van der Waals surface area contributed by atoms with Crippen LogP contribution in [-0.4, -0.2) is 11.3 Å². The lowest BCUT2D eigenvalue weighted by Crippen LogP contribution is -2.32. The molecule has 1 saturated carbocycles. The Morgan fingerprint density at radius 1 is 1.20 bits per heavy atom. The van der Waals surface area contributed by atoms with Crippen LogP contribution in [0.2, 0.25) is 0 Å². The zero-order chi connectivity index (χ0) is 11.3. The highest BCUT2D eigenvalue weighted by atomic mass is 32.1. The van der Waals surface area contributed by atoms with Gasteiger partial charge in [0.25, 0.3) is 0 Å². The van der Waals surface area contributed by atoms with Crippen LogP contribution in [0.5, 0.6) is 0 Å². The second-order valence-electron chi connectivity index (χ2n) is 4.71. The van der Waals surface area contributed by atoms with Crippen LogP contribution < -0.4 is 5.32 Å². The van der Waals surface area contributed by atoms with Gasteiger partial charge in [-0.05, 0) is 45.4 Å². The zero-order valence-corrected chi connectivity index (χ0v) is 10.7. The first-order valence-corrected chi connectivity index (χ1v) is 6.36. The summed E-state index contributed by atoms with van der Waals surface area (Å²) in [6, 6.07) is 0.631. The van der Waals surface area contributed by atoms with Crippen molar-refractivity contribution in [3.05, 3.63) is 24.4 Å². The highest BCUT2D eigenvalue weighted by Crippen LogP contribution is 2.23. The van der Waals surface area contributed by atoms with Gasteiger partial charge in [0.1, 0.15) is 0 Å². The molecule has 2 heteroatoms. The molecule has 0 aromatic heterocycles. The summed E-state index contributed by atoms with van der Waals surface area (Å²) in [4.78, 5) is 0. The molecule has 0 aromatic carbocycles. The molecular weight excluding hydrogens is 202 g/mol. The lowest BCUT2D eigenvalue weighted by atomic mass is 9.94. The molecule has 0 atom stereocenters. The van der Waals surface area contributed by atoms with E-state index in [1.165, 1.54) is 37.0 Å². The third-order valence-corrected chi connectivity index (χ3v) is 3.47. The van der Waals surface area contributed by atoms with E-state index in [-0.39, 0.29) is 0 Å². The van der Waals surface area contributed by atoms with Crippen LogP contribution in [0, 0.1) is 0 Å². The summed E-state index contributed by atoms with van der Waals surface area (Å²) >= 11 is 4.50. The number of hydrogen-bond donors (Lipinski definition) is 2. The number of rotatable bonds is 5. The van der Waals surface area contributed by atoms with Crippen LogP contribution in [-0.2, 0) is 0 Å². The van der Waals surface area contributed by atoms with E-state index in [2.05, 4.69) is 38.0 Å². The molecule has 15 heavy (non-hydrogen) atoms. The van der Waals surface area contributed by atoms with Crippen LogP contribution in [0.4, 0.5) is 0 Å². The van der Waals surface area contributed by atoms with Crippen molar-refractivity contribution >= 4 is 12.6 Å². The summed E-state index contributed by atoms with van der Waals surface area (Å²) < 4.78 is 0. The fourth-order valence-corrected chi connectivity index (χ4v) is 2.24. The molecule has 1 nitrogen and oxygen atoms in total. The Morgan fingerprint density at radius 2 is 1.80 bits per heavy atom. The van der Waals surface area contributed by atoms with E-state index in [9.17, 15) is 0 Å². The Morgan fingerprint density at radius 3 is 2.33 bits per heavy atom. The van der Waals surface area contributed by atoms with Crippen molar-refractivity contribution in [3.63, 3.8) is 0 Å². The standard InChI is InChI=1S/C13H23NS/c1-10(2)4-5-11(3)14-12-6-8-13(15)9-7-12/h12-15H,1,3-9H2,2H3. The van der Waals surface area contributed by atoms with E-state index in [1.54, 1.807) is 0 Å². The highest BCUT2D eigenvalue weighted by molar-refractivity contribution is 7.80. The predicted molar refractivity (Wildman–Crippen MR) is 71.4 cm³/mol. The molecule has 0 amide bonds. The molecule has 1 N–H and O–H groups in total. The third-order valence-electron chi connectivity index (χ3n) is 2.96. The van der Waals surface area contributed by atoms with Crippen LogP contribution in [0.25, 0.3) is 0 Å². The Hall–Kier alpha value is -0.370. The molecule has 1 fully saturated rings. The Labute approximate surface area is 99.4 Å². The van der Waals surface area contributed by atoms with E-state index in [0.717, 1.165) is 12.8 Å². The molecule has 0 radical (unpaired) electrons. The first-order chi connectivity index (χ1) is 7.08. The molecule has 0 bridgehead atoms. The fourth-order valence-electron chi connectivity index (χ4n) is 1.95. The minimum Gasteiger partial charge on any atom is -0.386 e. The predicted octanol–water partition coefficient (Wildman–Crippen LogP) is 3.69. The average Bonchev–Trinajstić information content (AvgIpc) is 2.19. The Kier molecular flexibility index (Phi) is 5.30. The van der Waals surface area contributed by atoms with E-state index in [1.807, 2.05) is 0 Å². The molecule has 1 aliphatic carbocycles. The van der Waals surface area contributed by atoms with Crippen molar-refractivity contribution in [2.45, 2.75) is 56.7 Å². The molecule has 1 aliphatic rings. The monoisotopic (exact) mass is 225 g/mol. The van der Waals surface area contributed by atoms with Gasteiger partial charge >= 0.3 is 0 Å². The van der Waals surface area contributed by atoms with Crippen molar-refractivity contribution in [2.24, 2.45) is 0 Å². The maximum atomic E-state index is 4.50. The molecule has 0 aromatic rings. The second kappa shape index (κ2) is 6.26. The normalized spacial score (nSPS) is 26.0. The lowest BCUT2D eigenvalue weighted by molar-refractivity contribution is 0.401. The average molecular weight is 225 g/mol. The second-order valence-corrected chi connectivity index (χ2v) is 5.44. The quantitative estimate of drug-likeness (QED) is 0.537. The molecule has 0 heterocycles. The van der Waals surface area contributed by atoms with Gasteiger partial charge in [-0.25, -0.2) is 0 Å². The molecule has 0 aliphatic heterocycles. The van der Waals surface area contributed by atoms with Crippen molar-refractivity contribution in [1.82, 2.24) is 5.32 Å². The van der Waals surface area contributed by atoms with E-state index < -0.39 is 0 Å². The lowest BCUT2D eigenvalue weighted by Gasteiger charge is -2.28. The molecule has 86 valence electrons. The summed E-state index contributed by atoms with van der Waals surface area (Å²) in [5.41, 5.74) is 2.40. The van der Waals surface area contributed by atoms with Gasteiger partial charge in [-0.15, -0.1) is 6.58 Å². The maximum absolute atomic E-state index is 4.50. The molecule has 0 saturated heterocycles. The van der Waals surface area contributed by atoms with Crippen molar-refractivity contribution in [2.75, 3.05) is 0 Å². The highest BCUT2D eigenvalue weighted by Gasteiger charge is 2.18. The van der Waals surface area contributed by atoms with E-state index >= 15 is 0 Å². The number of nitrogens with one attached hydrogen (secondary N) is 1. The first-order valence-electron chi connectivity index (χ1n) is 5.84. The molecule has 1 rings (SSSR count). The van der Waals surface area contributed by atoms with Gasteiger partial charge in [0.15, 0.2) is 0 Å². The van der Waals surface area contributed by atoms with E-state index in [0.29, 0.717) is 11.3 Å². The van der Waals surface area contributed by atoms with Gasteiger partial charge in [0.05, 0.1) is 0 Å². The zero-order valence-electron chi connectivity index (χ0n) is 9.76. The molecule has 0 spiro atoms. The number of allylic oxidation sites excluding steroid dienone is 2. The molecule has 0 unspecified atom stereocenters. The largest absolute Gasteiger partial charge is 0.386 e. The Bertz CT molecular complexity index is 227. The van der Waals surface area contributed by atoms with Crippen molar-refractivity contribution in [3.8, 4) is 0 Å². The summed E-state index contributed by atoms with van der Waals surface area (Å²) in [7, 11) is 0. The van der Waals surface area contributed by atoms with Gasteiger partial charge in [-0.2, -0.15) is 12.6 Å².